The van der Waals surface area contributed by atoms with E-state index >= 15 is 0 Å². The van der Waals surface area contributed by atoms with Crippen LogP contribution in [-0.4, -0.2) is 5.71 Å². The third kappa shape index (κ3) is 8.63. The van der Waals surface area contributed by atoms with Crippen LogP contribution in [0.1, 0.15) is 66.0 Å². The van der Waals surface area contributed by atoms with E-state index in [1.807, 2.05) is 27.7 Å². The van der Waals surface area contributed by atoms with E-state index in [1.54, 1.807) is 0 Å². The molecule has 0 aliphatic heterocycles. The van der Waals surface area contributed by atoms with E-state index in [1.165, 1.54) is 67.5 Å². The highest BCUT2D eigenvalue weighted by molar-refractivity contribution is 6.21. The Morgan fingerprint density at radius 3 is 1.66 bits per heavy atom. The average molecular weight is 542 g/mol. The lowest BCUT2D eigenvalue weighted by Gasteiger charge is -2.19. The minimum atomic E-state index is 1.05. The van der Waals surface area contributed by atoms with E-state index < -0.39 is 0 Å². The van der Waals surface area contributed by atoms with E-state index in [0.29, 0.717) is 0 Å². The molecule has 5 rings (SSSR count). The van der Waals surface area contributed by atoms with Crippen LogP contribution >= 0.6 is 0 Å². The lowest BCUT2D eigenvalue weighted by Crippen LogP contribution is -1.92. The van der Waals surface area contributed by atoms with Gasteiger partial charge in [-0.05, 0) is 83.1 Å². The Morgan fingerprint density at radius 2 is 1.17 bits per heavy atom. The zero-order valence-corrected chi connectivity index (χ0v) is 26.4. The van der Waals surface area contributed by atoms with Crippen LogP contribution in [0.25, 0.3) is 49.4 Å². The monoisotopic (exact) mass is 541 g/mol. The van der Waals surface area contributed by atoms with Gasteiger partial charge in [-0.25, -0.2) is 0 Å². The van der Waals surface area contributed by atoms with Crippen molar-refractivity contribution in [2.75, 3.05) is 0 Å². The summed E-state index contributed by atoms with van der Waals surface area (Å²) in [7, 11) is 0. The van der Waals surface area contributed by atoms with Gasteiger partial charge in [0.05, 0.1) is 0 Å². The summed E-state index contributed by atoms with van der Waals surface area (Å²) in [6, 6.07) is 35.1. The lowest BCUT2D eigenvalue weighted by molar-refractivity contribution is 1.09. The van der Waals surface area contributed by atoms with Gasteiger partial charge in [-0.3, -0.25) is 4.99 Å². The molecule has 0 atom stereocenters. The summed E-state index contributed by atoms with van der Waals surface area (Å²) in [5, 5.41) is 5.13. The Kier molecular flexibility index (Phi) is 13.5. The third-order valence-corrected chi connectivity index (χ3v) is 6.24. The number of rotatable bonds is 4. The average Bonchev–Trinajstić information content (AvgIpc) is 2.97. The highest BCUT2D eigenvalue weighted by Crippen LogP contribution is 2.44. The summed E-state index contributed by atoms with van der Waals surface area (Å²) >= 11 is 0. The van der Waals surface area contributed by atoms with Gasteiger partial charge in [-0.15, -0.1) is 0 Å². The van der Waals surface area contributed by atoms with E-state index in [4.69, 9.17) is 0 Å². The number of hydrogen-bond acceptors (Lipinski definition) is 1. The van der Waals surface area contributed by atoms with Crippen LogP contribution in [0, 0.1) is 6.92 Å². The fraction of sp³-hybridized carbons (Fsp3) is 0.225. The summed E-state index contributed by atoms with van der Waals surface area (Å²) in [4.78, 5) is 3.81. The fourth-order valence-corrected chi connectivity index (χ4v) is 4.65. The van der Waals surface area contributed by atoms with Crippen LogP contribution in [0.2, 0.25) is 0 Å². The Hall–Kier alpha value is -4.23. The first-order valence-electron chi connectivity index (χ1n) is 14.7. The lowest BCUT2D eigenvalue weighted by atomic mass is 9.85. The Balaban J connectivity index is 0.000000464. The zero-order valence-electron chi connectivity index (χ0n) is 26.4. The maximum atomic E-state index is 4.19. The second-order valence-corrected chi connectivity index (χ2v) is 10.0. The summed E-state index contributed by atoms with van der Waals surface area (Å²) in [6.07, 6.45) is 2.79. The number of aryl methyl sites for hydroxylation is 1. The van der Waals surface area contributed by atoms with Crippen LogP contribution in [0.3, 0.4) is 0 Å². The van der Waals surface area contributed by atoms with Gasteiger partial charge >= 0.3 is 0 Å². The van der Waals surface area contributed by atoms with Crippen LogP contribution in [0.4, 0.5) is 0 Å². The third-order valence-electron chi connectivity index (χ3n) is 6.24. The molecule has 0 heterocycles. The topological polar surface area (TPSA) is 12.4 Å². The Morgan fingerprint density at radius 1 is 0.659 bits per heavy atom. The Labute approximate surface area is 249 Å². The molecule has 0 bridgehead atoms. The number of benzene rings is 5. The maximum Gasteiger partial charge on any atom is 0.0194 e. The fourth-order valence-electron chi connectivity index (χ4n) is 4.65. The molecule has 0 N–H and O–H groups in total. The van der Waals surface area contributed by atoms with Gasteiger partial charge in [0, 0.05) is 11.9 Å². The van der Waals surface area contributed by atoms with Gasteiger partial charge in [-0.1, -0.05) is 149 Å². The molecule has 41 heavy (non-hydrogen) atoms. The highest BCUT2D eigenvalue weighted by atomic mass is 14.7. The summed E-state index contributed by atoms with van der Waals surface area (Å²) in [6.45, 7) is 24.0. The molecular formula is C40H47N. The van der Waals surface area contributed by atoms with Gasteiger partial charge in [0.15, 0.2) is 0 Å². The first-order valence-corrected chi connectivity index (χ1v) is 14.7. The predicted octanol–water partition coefficient (Wildman–Crippen LogP) is 12.7. The first-order chi connectivity index (χ1) is 19.8. The van der Waals surface area contributed by atoms with Gasteiger partial charge in [0.1, 0.15) is 0 Å². The molecule has 0 saturated carbocycles. The summed E-state index contributed by atoms with van der Waals surface area (Å²) in [5.74, 6) is 0. The van der Waals surface area contributed by atoms with Crippen molar-refractivity contribution < 1.29 is 0 Å². The molecule has 0 fully saturated rings. The molecular weight excluding hydrogens is 494 g/mol. The Bertz CT molecular complexity index is 1600. The summed E-state index contributed by atoms with van der Waals surface area (Å²) in [5.41, 5.74) is 9.69. The number of nitrogens with zero attached hydrogens (tertiary/aromatic N) is 1. The molecule has 0 aromatic heterocycles. The quantitative estimate of drug-likeness (QED) is 0.158. The van der Waals surface area contributed by atoms with Crippen LogP contribution in [0.15, 0.2) is 121 Å². The second kappa shape index (κ2) is 16.8. The normalized spacial score (nSPS) is 9.76. The zero-order chi connectivity index (χ0) is 30.4. The van der Waals surface area contributed by atoms with Crippen molar-refractivity contribution in [3.8, 4) is 22.3 Å². The van der Waals surface area contributed by atoms with E-state index in [0.717, 1.165) is 11.3 Å². The molecule has 5 aromatic rings. The molecule has 1 nitrogen and oxygen atoms in total. The standard InChI is InChI=1S/C30H24.C5H9N.C3H8.C2H6/c1-20(2)23-16-17-27-28(19-23)29(22-11-5-4-6-12-22)25-14-7-8-15-26(25)30(27)24-13-9-10-21(3)18-24;1-4-6-5(2)3;1-3-2;1-2/h4-19H,1H2,2-3H3;4H,1H2,2-3H3;3H2,1-2H3;1-2H3. The predicted molar refractivity (Wildman–Crippen MR) is 188 cm³/mol. The number of fused-ring (bicyclic) bond motifs is 2. The highest BCUT2D eigenvalue weighted by Gasteiger charge is 2.17. The molecule has 0 saturated heterocycles. The maximum absolute atomic E-state index is 4.19. The van der Waals surface area contributed by atoms with Crippen molar-refractivity contribution in [2.45, 2.75) is 61.8 Å². The van der Waals surface area contributed by atoms with Crippen LogP contribution in [-0.2, 0) is 0 Å². The molecule has 0 aliphatic rings. The second-order valence-electron chi connectivity index (χ2n) is 10.0. The molecule has 5 aromatic carbocycles. The molecule has 0 spiro atoms. The van der Waals surface area contributed by atoms with Crippen LogP contribution < -0.4 is 0 Å². The molecule has 1 heteroatoms. The van der Waals surface area contributed by atoms with Crippen molar-refractivity contribution in [1.29, 1.82) is 0 Å². The molecule has 0 radical (unpaired) electrons. The van der Waals surface area contributed by atoms with E-state index in [-0.39, 0.29) is 0 Å². The number of hydrogen-bond donors (Lipinski definition) is 0. The van der Waals surface area contributed by atoms with Gasteiger partial charge in [0.2, 0.25) is 0 Å². The van der Waals surface area contributed by atoms with Crippen molar-refractivity contribution in [3.63, 3.8) is 0 Å². The van der Waals surface area contributed by atoms with Crippen LogP contribution in [0.5, 0.6) is 0 Å². The van der Waals surface area contributed by atoms with Crippen molar-refractivity contribution in [2.24, 2.45) is 4.99 Å². The SMILES string of the molecule is C=C(C)c1ccc2c(-c3cccc(C)c3)c3ccccc3c(-c3ccccc3)c2c1.C=CN=C(C)C.CC.CCC. The molecule has 0 amide bonds. The molecule has 0 unspecified atom stereocenters. The van der Waals surface area contributed by atoms with Gasteiger partial charge in [-0.2, -0.15) is 0 Å². The number of allylic oxidation sites excluding steroid dienone is 1. The van der Waals surface area contributed by atoms with Crippen molar-refractivity contribution in [3.05, 3.63) is 128 Å². The molecule has 0 aliphatic carbocycles. The van der Waals surface area contributed by atoms with Gasteiger partial charge in [0.25, 0.3) is 0 Å². The summed E-state index contributed by atoms with van der Waals surface area (Å²) < 4.78 is 0. The van der Waals surface area contributed by atoms with E-state index in [9.17, 15) is 0 Å². The van der Waals surface area contributed by atoms with E-state index in [2.05, 4.69) is 143 Å². The minimum absolute atomic E-state index is 1.05. The smallest absolute Gasteiger partial charge is 0.0194 e. The largest absolute Gasteiger partial charge is 0.267 e. The van der Waals surface area contributed by atoms with Crippen molar-refractivity contribution >= 4 is 32.8 Å². The minimum Gasteiger partial charge on any atom is -0.267 e. The first kappa shape index (κ1) is 33.0. The van der Waals surface area contributed by atoms with Gasteiger partial charge < -0.3 is 0 Å². The van der Waals surface area contributed by atoms with Crippen molar-refractivity contribution in [1.82, 2.24) is 0 Å². The molecule has 212 valence electrons. The number of aliphatic imine (C=N–C) groups is 1.